The minimum Gasteiger partial charge on any atom is -0.300 e. The molecule has 4 rings (SSSR count). The Kier molecular flexibility index (Phi) is 4.78. The maximum absolute atomic E-state index is 9.20. The Morgan fingerprint density at radius 2 is 1.45 bits per heavy atom. The van der Waals surface area contributed by atoms with Gasteiger partial charge in [-0.05, 0) is 90.9 Å². The van der Waals surface area contributed by atoms with Gasteiger partial charge in [0.05, 0.1) is 5.71 Å². The predicted molar refractivity (Wildman–Crippen MR) is 126 cm³/mol. The van der Waals surface area contributed by atoms with Crippen molar-refractivity contribution in [3.63, 3.8) is 0 Å². The largest absolute Gasteiger partial charge is 0.300 e. The molecular formula is C28H29N. The molecule has 0 amide bonds. The summed E-state index contributed by atoms with van der Waals surface area (Å²) >= 11 is 0. The van der Waals surface area contributed by atoms with Crippen molar-refractivity contribution < 1.29 is 0 Å². The number of allylic oxidation sites excluding steroid dienone is 4. The van der Waals surface area contributed by atoms with Gasteiger partial charge in [-0.1, -0.05) is 55.0 Å². The van der Waals surface area contributed by atoms with Crippen molar-refractivity contribution in [3.05, 3.63) is 99.1 Å². The third-order valence-electron chi connectivity index (χ3n) is 6.72. The molecule has 0 radical (unpaired) electrons. The van der Waals surface area contributed by atoms with Gasteiger partial charge in [-0.15, -0.1) is 0 Å². The lowest BCUT2D eigenvalue weighted by molar-refractivity contribution is 0.975. The second-order valence-electron chi connectivity index (χ2n) is 8.48. The third-order valence-corrected chi connectivity index (χ3v) is 6.72. The first-order valence-corrected chi connectivity index (χ1v) is 10.4. The molecule has 3 aromatic rings. The lowest BCUT2D eigenvalue weighted by Crippen LogP contribution is -2.10. The minimum atomic E-state index is 0.364. The topological polar surface area (TPSA) is 23.9 Å². The van der Waals surface area contributed by atoms with E-state index >= 15 is 0 Å². The third kappa shape index (κ3) is 3.15. The molecular weight excluding hydrogens is 350 g/mol. The van der Waals surface area contributed by atoms with Crippen molar-refractivity contribution in [2.45, 2.75) is 41.5 Å². The summed E-state index contributed by atoms with van der Waals surface area (Å²) in [6.07, 6.45) is 2.34. The van der Waals surface area contributed by atoms with Crippen LogP contribution < -0.4 is 0 Å². The summed E-state index contributed by atoms with van der Waals surface area (Å²) in [4.78, 5) is 0. The summed E-state index contributed by atoms with van der Waals surface area (Å²) in [6.45, 7) is 13.1. The Labute approximate surface area is 174 Å². The van der Waals surface area contributed by atoms with Crippen LogP contribution in [0.4, 0.5) is 0 Å². The molecule has 1 nitrogen and oxygen atoms in total. The van der Waals surface area contributed by atoms with Gasteiger partial charge in [0.1, 0.15) is 0 Å². The van der Waals surface area contributed by atoms with Gasteiger partial charge in [0, 0.05) is 17.0 Å². The van der Waals surface area contributed by atoms with Gasteiger partial charge in [0.2, 0.25) is 0 Å². The molecule has 3 aromatic carbocycles. The SMILES string of the molecule is CC1=CC(C)C(c2cc3ccccc3cc2C(=N)c2ccc(C)c(C)c2C)=C1C. The van der Waals surface area contributed by atoms with Crippen LogP contribution >= 0.6 is 0 Å². The number of rotatable bonds is 3. The molecule has 1 heteroatoms. The molecule has 1 aliphatic carbocycles. The number of aryl methyl sites for hydroxylation is 1. The van der Waals surface area contributed by atoms with E-state index in [4.69, 9.17) is 0 Å². The molecule has 0 fully saturated rings. The lowest BCUT2D eigenvalue weighted by Gasteiger charge is -2.20. The van der Waals surface area contributed by atoms with E-state index in [0.29, 0.717) is 11.6 Å². The van der Waals surface area contributed by atoms with Crippen LogP contribution in [0, 0.1) is 32.1 Å². The number of nitrogens with one attached hydrogen (secondary N) is 1. The standard InChI is InChI=1S/C28H29N/c1-16-11-12-24(21(6)19(16)4)28(29)26-15-23-10-8-7-9-22(23)14-25(26)27-18(3)13-17(2)20(27)5/h7-15,18,29H,1-6H3. The van der Waals surface area contributed by atoms with Crippen LogP contribution in [0.25, 0.3) is 16.3 Å². The summed E-state index contributed by atoms with van der Waals surface area (Å²) in [5, 5.41) is 11.6. The van der Waals surface area contributed by atoms with Gasteiger partial charge in [-0.25, -0.2) is 0 Å². The van der Waals surface area contributed by atoms with Gasteiger partial charge in [0.25, 0.3) is 0 Å². The highest BCUT2D eigenvalue weighted by atomic mass is 14.4. The van der Waals surface area contributed by atoms with Crippen molar-refractivity contribution >= 4 is 22.1 Å². The highest BCUT2D eigenvalue weighted by Crippen LogP contribution is 2.40. The van der Waals surface area contributed by atoms with Gasteiger partial charge < -0.3 is 0 Å². The molecule has 0 spiro atoms. The van der Waals surface area contributed by atoms with E-state index in [-0.39, 0.29) is 0 Å². The highest BCUT2D eigenvalue weighted by Gasteiger charge is 2.24. The number of benzene rings is 3. The van der Waals surface area contributed by atoms with Crippen molar-refractivity contribution in [1.82, 2.24) is 0 Å². The molecule has 1 atom stereocenters. The summed E-state index contributed by atoms with van der Waals surface area (Å²) in [5.41, 5.74) is 11.7. The van der Waals surface area contributed by atoms with Crippen LogP contribution in [-0.2, 0) is 0 Å². The van der Waals surface area contributed by atoms with E-state index < -0.39 is 0 Å². The van der Waals surface area contributed by atoms with E-state index in [0.717, 1.165) is 11.1 Å². The van der Waals surface area contributed by atoms with Crippen molar-refractivity contribution in [2.75, 3.05) is 0 Å². The fraction of sp³-hybridized carbons (Fsp3) is 0.250. The van der Waals surface area contributed by atoms with Gasteiger partial charge in [-0.3, -0.25) is 5.41 Å². The molecule has 29 heavy (non-hydrogen) atoms. The Hall–Kier alpha value is -2.93. The first-order chi connectivity index (χ1) is 13.8. The molecule has 0 saturated heterocycles. The molecule has 0 aromatic heterocycles. The van der Waals surface area contributed by atoms with Crippen LogP contribution in [0.3, 0.4) is 0 Å². The zero-order valence-corrected chi connectivity index (χ0v) is 18.3. The van der Waals surface area contributed by atoms with E-state index in [1.165, 1.54) is 49.7 Å². The van der Waals surface area contributed by atoms with E-state index in [1.54, 1.807) is 0 Å². The second-order valence-corrected chi connectivity index (χ2v) is 8.48. The summed E-state index contributed by atoms with van der Waals surface area (Å²) in [5.74, 6) is 0.364. The Bertz CT molecular complexity index is 1220. The summed E-state index contributed by atoms with van der Waals surface area (Å²) in [7, 11) is 0. The van der Waals surface area contributed by atoms with Crippen molar-refractivity contribution in [2.24, 2.45) is 5.92 Å². The molecule has 146 valence electrons. The maximum atomic E-state index is 9.20. The smallest absolute Gasteiger partial charge is 0.0693 e. The fourth-order valence-electron chi connectivity index (χ4n) is 4.63. The maximum Gasteiger partial charge on any atom is 0.0693 e. The molecule has 0 saturated carbocycles. The molecule has 0 bridgehead atoms. The molecule has 1 aliphatic rings. The Morgan fingerprint density at radius 3 is 2.07 bits per heavy atom. The molecule has 1 N–H and O–H groups in total. The lowest BCUT2D eigenvalue weighted by atomic mass is 9.84. The monoisotopic (exact) mass is 379 g/mol. The van der Waals surface area contributed by atoms with Crippen LogP contribution in [0.5, 0.6) is 0 Å². The zero-order valence-electron chi connectivity index (χ0n) is 18.3. The van der Waals surface area contributed by atoms with Crippen LogP contribution in [-0.4, -0.2) is 5.71 Å². The van der Waals surface area contributed by atoms with Crippen molar-refractivity contribution in [1.29, 1.82) is 5.41 Å². The molecule has 0 heterocycles. The van der Waals surface area contributed by atoms with E-state index in [1.807, 2.05) is 0 Å². The van der Waals surface area contributed by atoms with Gasteiger partial charge in [-0.2, -0.15) is 0 Å². The summed E-state index contributed by atoms with van der Waals surface area (Å²) < 4.78 is 0. The minimum absolute atomic E-state index is 0.364. The second kappa shape index (κ2) is 7.15. The highest BCUT2D eigenvalue weighted by molar-refractivity contribution is 6.16. The van der Waals surface area contributed by atoms with Crippen LogP contribution in [0.15, 0.2) is 65.8 Å². The fourth-order valence-corrected chi connectivity index (χ4v) is 4.63. The normalized spacial score (nSPS) is 16.5. The Balaban J connectivity index is 1.99. The first-order valence-electron chi connectivity index (χ1n) is 10.4. The number of fused-ring (bicyclic) bond motifs is 1. The van der Waals surface area contributed by atoms with Crippen molar-refractivity contribution in [3.8, 4) is 0 Å². The summed E-state index contributed by atoms with van der Waals surface area (Å²) in [6, 6.07) is 17.2. The quantitative estimate of drug-likeness (QED) is 0.454. The van der Waals surface area contributed by atoms with E-state index in [2.05, 4.69) is 96.1 Å². The molecule has 1 unspecified atom stereocenters. The van der Waals surface area contributed by atoms with E-state index in [9.17, 15) is 5.41 Å². The number of hydrogen-bond donors (Lipinski definition) is 1. The zero-order chi connectivity index (χ0) is 20.9. The van der Waals surface area contributed by atoms with Gasteiger partial charge >= 0.3 is 0 Å². The first kappa shape index (κ1) is 19.4. The predicted octanol–water partition coefficient (Wildman–Crippen LogP) is 7.55. The number of hydrogen-bond acceptors (Lipinski definition) is 1. The van der Waals surface area contributed by atoms with Crippen LogP contribution in [0.1, 0.15) is 54.2 Å². The average molecular weight is 380 g/mol. The Morgan fingerprint density at radius 1 is 0.793 bits per heavy atom. The average Bonchev–Trinajstić information content (AvgIpc) is 2.96. The molecule has 0 aliphatic heterocycles. The van der Waals surface area contributed by atoms with Crippen LogP contribution in [0.2, 0.25) is 0 Å². The van der Waals surface area contributed by atoms with Gasteiger partial charge in [0.15, 0.2) is 0 Å².